The summed E-state index contributed by atoms with van der Waals surface area (Å²) in [5.74, 6) is -0.200. The predicted octanol–water partition coefficient (Wildman–Crippen LogP) is 4.67. The van der Waals surface area contributed by atoms with Gasteiger partial charge in [-0.2, -0.15) is 5.10 Å². The molecule has 0 aliphatic heterocycles. The molecular weight excluding hydrogens is 368 g/mol. The van der Waals surface area contributed by atoms with Gasteiger partial charge in [0.2, 0.25) is 0 Å². The number of hydrogen-bond acceptors (Lipinski definition) is 5. The Labute approximate surface area is 169 Å². The van der Waals surface area contributed by atoms with E-state index in [4.69, 9.17) is 4.98 Å². The minimum atomic E-state index is -0.200. The maximum Gasteiger partial charge on any atom is 0.259 e. The van der Waals surface area contributed by atoms with Gasteiger partial charge in [0.05, 0.1) is 18.5 Å². The normalized spacial score (nSPS) is 11.5. The fourth-order valence-electron chi connectivity index (χ4n) is 2.42. The number of hydrogen-bond donors (Lipinski definition) is 2. The van der Waals surface area contributed by atoms with Gasteiger partial charge in [-0.1, -0.05) is 63.2 Å². The van der Waals surface area contributed by atoms with Crippen LogP contribution in [0.5, 0.6) is 0 Å². The van der Waals surface area contributed by atoms with Crippen LogP contribution in [0, 0.1) is 0 Å². The van der Waals surface area contributed by atoms with E-state index in [0.29, 0.717) is 0 Å². The molecule has 1 amide bonds. The lowest BCUT2D eigenvalue weighted by Crippen LogP contribution is -2.25. The molecule has 5 nitrogen and oxygen atoms in total. The first-order valence-corrected chi connectivity index (χ1v) is 9.97. The molecule has 0 radical (unpaired) electrons. The van der Waals surface area contributed by atoms with Crippen LogP contribution in [0.15, 0.2) is 65.1 Å². The number of hydrazone groups is 1. The Kier molecular flexibility index (Phi) is 6.21. The van der Waals surface area contributed by atoms with Crippen molar-refractivity contribution in [1.29, 1.82) is 0 Å². The zero-order valence-corrected chi connectivity index (χ0v) is 17.1. The Morgan fingerprint density at radius 1 is 1.11 bits per heavy atom. The average Bonchev–Trinajstić information content (AvgIpc) is 3.18. The second-order valence-electron chi connectivity index (χ2n) is 7.42. The van der Waals surface area contributed by atoms with Crippen molar-refractivity contribution in [3.8, 4) is 10.6 Å². The molecule has 0 atom stereocenters. The number of nitrogens with zero attached hydrogens (tertiary/aromatic N) is 2. The molecule has 2 aromatic carbocycles. The molecule has 3 aromatic rings. The van der Waals surface area contributed by atoms with E-state index in [-0.39, 0.29) is 17.9 Å². The molecule has 1 heterocycles. The molecule has 0 aliphatic rings. The van der Waals surface area contributed by atoms with Crippen LogP contribution in [0.4, 0.5) is 5.69 Å². The summed E-state index contributed by atoms with van der Waals surface area (Å²) in [4.78, 5) is 16.6. The molecule has 144 valence electrons. The standard InChI is InChI=1S/C22H24N4OS/c1-22(2,3)19-15-28-21(25-19)17-11-9-16(10-12-17)13-24-26-20(27)14-23-18-7-5-4-6-8-18/h4-13,15,23H,14H2,1-3H3,(H,26,27). The van der Waals surface area contributed by atoms with Crippen LogP contribution in [0.25, 0.3) is 10.6 Å². The van der Waals surface area contributed by atoms with Gasteiger partial charge in [0, 0.05) is 22.0 Å². The second-order valence-corrected chi connectivity index (χ2v) is 8.28. The van der Waals surface area contributed by atoms with E-state index in [1.54, 1.807) is 17.6 Å². The third-order valence-corrected chi connectivity index (χ3v) is 4.95. The highest BCUT2D eigenvalue weighted by Gasteiger charge is 2.17. The van der Waals surface area contributed by atoms with Crippen molar-refractivity contribution in [3.63, 3.8) is 0 Å². The Balaban J connectivity index is 1.52. The summed E-state index contributed by atoms with van der Waals surface area (Å²) in [5, 5.41) is 10.2. The van der Waals surface area contributed by atoms with Crippen LogP contribution >= 0.6 is 11.3 Å². The molecule has 0 aliphatic carbocycles. The van der Waals surface area contributed by atoms with Crippen LogP contribution < -0.4 is 10.7 Å². The van der Waals surface area contributed by atoms with Gasteiger partial charge >= 0.3 is 0 Å². The van der Waals surface area contributed by atoms with Crippen LogP contribution in [-0.4, -0.2) is 23.7 Å². The van der Waals surface area contributed by atoms with Crippen molar-refractivity contribution in [2.75, 3.05) is 11.9 Å². The molecule has 0 saturated carbocycles. The lowest BCUT2D eigenvalue weighted by Gasteiger charge is -2.14. The van der Waals surface area contributed by atoms with Gasteiger partial charge in [0.25, 0.3) is 5.91 Å². The largest absolute Gasteiger partial charge is 0.376 e. The van der Waals surface area contributed by atoms with E-state index in [9.17, 15) is 4.79 Å². The summed E-state index contributed by atoms with van der Waals surface area (Å²) >= 11 is 1.65. The molecule has 28 heavy (non-hydrogen) atoms. The summed E-state index contributed by atoms with van der Waals surface area (Å²) in [6.45, 7) is 6.65. The lowest BCUT2D eigenvalue weighted by molar-refractivity contribution is -0.119. The van der Waals surface area contributed by atoms with E-state index in [2.05, 4.69) is 42.0 Å². The molecule has 0 fully saturated rings. The zero-order valence-electron chi connectivity index (χ0n) is 16.3. The Morgan fingerprint density at radius 3 is 2.46 bits per heavy atom. The van der Waals surface area contributed by atoms with Gasteiger partial charge in [0.1, 0.15) is 5.01 Å². The van der Waals surface area contributed by atoms with Crippen molar-refractivity contribution in [3.05, 3.63) is 71.2 Å². The molecule has 2 N–H and O–H groups in total. The van der Waals surface area contributed by atoms with Crippen molar-refractivity contribution >= 4 is 29.1 Å². The average molecular weight is 393 g/mol. The number of benzene rings is 2. The molecule has 0 bridgehead atoms. The molecule has 0 saturated heterocycles. The van der Waals surface area contributed by atoms with Crippen molar-refractivity contribution in [2.45, 2.75) is 26.2 Å². The van der Waals surface area contributed by atoms with Gasteiger partial charge < -0.3 is 5.32 Å². The summed E-state index contributed by atoms with van der Waals surface area (Å²) in [6, 6.07) is 17.5. The highest BCUT2D eigenvalue weighted by Crippen LogP contribution is 2.29. The number of carbonyl (C=O) groups is 1. The van der Waals surface area contributed by atoms with E-state index >= 15 is 0 Å². The number of nitrogens with one attached hydrogen (secondary N) is 2. The van der Waals surface area contributed by atoms with E-state index in [0.717, 1.165) is 27.5 Å². The van der Waals surface area contributed by atoms with Gasteiger partial charge in [0.15, 0.2) is 0 Å². The Bertz CT molecular complexity index is 941. The smallest absolute Gasteiger partial charge is 0.259 e. The number of anilines is 1. The molecular formula is C22H24N4OS. The minimum Gasteiger partial charge on any atom is -0.376 e. The van der Waals surface area contributed by atoms with Gasteiger partial charge in [-0.05, 0) is 17.7 Å². The summed E-state index contributed by atoms with van der Waals surface area (Å²) in [5.41, 5.74) is 6.56. The number of rotatable bonds is 6. The monoisotopic (exact) mass is 392 g/mol. The van der Waals surface area contributed by atoms with E-state index < -0.39 is 0 Å². The summed E-state index contributed by atoms with van der Waals surface area (Å²) < 4.78 is 0. The Morgan fingerprint density at radius 2 is 1.82 bits per heavy atom. The third kappa shape index (κ3) is 5.50. The van der Waals surface area contributed by atoms with E-state index in [1.807, 2.05) is 54.6 Å². The Hall–Kier alpha value is -2.99. The van der Waals surface area contributed by atoms with Crippen LogP contribution in [0.2, 0.25) is 0 Å². The first-order valence-electron chi connectivity index (χ1n) is 9.09. The van der Waals surface area contributed by atoms with E-state index in [1.165, 1.54) is 0 Å². The maximum absolute atomic E-state index is 11.8. The third-order valence-electron chi connectivity index (χ3n) is 4.06. The second kappa shape index (κ2) is 8.80. The molecule has 1 aromatic heterocycles. The van der Waals surface area contributed by atoms with Gasteiger partial charge in [-0.3, -0.25) is 4.79 Å². The highest BCUT2D eigenvalue weighted by atomic mass is 32.1. The summed E-state index contributed by atoms with van der Waals surface area (Å²) in [7, 11) is 0. The minimum absolute atomic E-state index is 0.0505. The predicted molar refractivity (Wildman–Crippen MR) is 117 cm³/mol. The zero-order chi connectivity index (χ0) is 20.0. The fraction of sp³-hybridized carbons (Fsp3) is 0.227. The number of aromatic nitrogens is 1. The summed E-state index contributed by atoms with van der Waals surface area (Å²) in [6.07, 6.45) is 1.63. The molecule has 0 unspecified atom stereocenters. The first kappa shape index (κ1) is 19.8. The molecule has 0 spiro atoms. The lowest BCUT2D eigenvalue weighted by atomic mass is 9.93. The number of carbonyl (C=O) groups excluding carboxylic acids is 1. The fourth-order valence-corrected chi connectivity index (χ4v) is 3.47. The topological polar surface area (TPSA) is 66.4 Å². The number of thiazole rings is 1. The SMILES string of the molecule is CC(C)(C)c1csc(-c2ccc(C=NNC(=O)CNc3ccccc3)cc2)n1. The molecule has 6 heteroatoms. The van der Waals surface area contributed by atoms with Gasteiger partial charge in [-0.25, -0.2) is 10.4 Å². The first-order chi connectivity index (χ1) is 13.4. The van der Waals surface area contributed by atoms with Gasteiger partial charge in [-0.15, -0.1) is 11.3 Å². The quantitative estimate of drug-likeness (QED) is 0.473. The maximum atomic E-state index is 11.8. The number of para-hydroxylation sites is 1. The van der Waals surface area contributed by atoms with Crippen LogP contribution in [0.3, 0.4) is 0 Å². The van der Waals surface area contributed by atoms with Crippen molar-refractivity contribution in [1.82, 2.24) is 10.4 Å². The van der Waals surface area contributed by atoms with Crippen molar-refractivity contribution < 1.29 is 4.79 Å². The van der Waals surface area contributed by atoms with Crippen molar-refractivity contribution in [2.24, 2.45) is 5.10 Å². The highest BCUT2D eigenvalue weighted by molar-refractivity contribution is 7.13. The molecule has 3 rings (SSSR count). The van der Waals surface area contributed by atoms with Crippen LogP contribution in [0.1, 0.15) is 32.0 Å². The van der Waals surface area contributed by atoms with Crippen LogP contribution in [-0.2, 0) is 10.2 Å². The number of amides is 1.